The van der Waals surface area contributed by atoms with Crippen LogP contribution in [-0.4, -0.2) is 43.9 Å². The molecule has 0 aromatic heterocycles. The Hall–Kier alpha value is -0.660. The van der Waals surface area contributed by atoms with Crippen molar-refractivity contribution >= 4 is 15.9 Å². The molecule has 0 heterocycles. The normalized spacial score (nSPS) is 15.5. The van der Waals surface area contributed by atoms with Crippen LogP contribution in [-0.2, 0) is 14.8 Å². The lowest BCUT2D eigenvalue weighted by molar-refractivity contribution is -0.122. The van der Waals surface area contributed by atoms with Gasteiger partial charge in [-0.15, -0.1) is 0 Å². The quantitative estimate of drug-likeness (QED) is 0.553. The number of hydrogen-bond acceptors (Lipinski definition) is 4. The third-order valence-electron chi connectivity index (χ3n) is 1.79. The molecular formula is C9H20N2O4S. The monoisotopic (exact) mass is 252 g/mol. The van der Waals surface area contributed by atoms with Gasteiger partial charge >= 0.3 is 0 Å². The Balaban J connectivity index is 4.15. The summed E-state index contributed by atoms with van der Waals surface area (Å²) in [5.41, 5.74) is 0. The Bertz CT molecular complexity index is 313. The van der Waals surface area contributed by atoms with E-state index in [1.807, 2.05) is 0 Å². The fourth-order valence-corrected chi connectivity index (χ4v) is 2.35. The Morgan fingerprint density at radius 1 is 1.38 bits per heavy atom. The molecular weight excluding hydrogens is 232 g/mol. The molecule has 0 spiro atoms. The van der Waals surface area contributed by atoms with Crippen molar-refractivity contribution in [1.29, 1.82) is 0 Å². The van der Waals surface area contributed by atoms with Gasteiger partial charge in [0.1, 0.15) is 0 Å². The van der Waals surface area contributed by atoms with Gasteiger partial charge in [0.05, 0.1) is 17.9 Å². The first kappa shape index (κ1) is 15.3. The van der Waals surface area contributed by atoms with Crippen LogP contribution in [0, 0.1) is 0 Å². The van der Waals surface area contributed by atoms with Crippen LogP contribution >= 0.6 is 0 Å². The number of nitrogens with one attached hydrogen (secondary N) is 2. The molecule has 0 saturated heterocycles. The lowest BCUT2D eigenvalue weighted by atomic mass is 10.3. The van der Waals surface area contributed by atoms with Crippen LogP contribution in [0.1, 0.15) is 27.2 Å². The van der Waals surface area contributed by atoms with Gasteiger partial charge in [0.25, 0.3) is 0 Å². The SMILES string of the molecule is CCCS(=O)(=O)NC(C)C(=O)NC[C@H](C)O. The molecule has 0 aromatic rings. The zero-order valence-electron chi connectivity index (χ0n) is 9.86. The third-order valence-corrected chi connectivity index (χ3v) is 3.45. The second-order valence-electron chi connectivity index (χ2n) is 3.75. The molecule has 16 heavy (non-hydrogen) atoms. The van der Waals surface area contributed by atoms with Crippen LogP contribution in [0.4, 0.5) is 0 Å². The first-order valence-corrected chi connectivity index (χ1v) is 6.89. The number of sulfonamides is 1. The average molecular weight is 252 g/mol. The summed E-state index contributed by atoms with van der Waals surface area (Å²) in [5, 5.41) is 11.4. The average Bonchev–Trinajstić information content (AvgIpc) is 2.12. The van der Waals surface area contributed by atoms with E-state index in [1.54, 1.807) is 6.92 Å². The maximum atomic E-state index is 11.4. The van der Waals surface area contributed by atoms with E-state index in [2.05, 4.69) is 10.0 Å². The summed E-state index contributed by atoms with van der Waals surface area (Å²) >= 11 is 0. The summed E-state index contributed by atoms with van der Waals surface area (Å²) in [4.78, 5) is 11.4. The Morgan fingerprint density at radius 2 is 1.94 bits per heavy atom. The molecule has 0 aliphatic rings. The smallest absolute Gasteiger partial charge is 0.237 e. The number of aliphatic hydroxyl groups excluding tert-OH is 1. The Morgan fingerprint density at radius 3 is 2.38 bits per heavy atom. The molecule has 0 rings (SSSR count). The zero-order chi connectivity index (χ0) is 12.8. The summed E-state index contributed by atoms with van der Waals surface area (Å²) in [6.07, 6.45) is -0.152. The van der Waals surface area contributed by atoms with Crippen LogP contribution in [0.5, 0.6) is 0 Å². The van der Waals surface area contributed by atoms with Gasteiger partial charge in [0.2, 0.25) is 15.9 Å². The van der Waals surface area contributed by atoms with Crippen molar-refractivity contribution in [1.82, 2.24) is 10.0 Å². The topological polar surface area (TPSA) is 95.5 Å². The highest BCUT2D eigenvalue weighted by Crippen LogP contribution is 1.92. The molecule has 2 atom stereocenters. The summed E-state index contributed by atoms with van der Waals surface area (Å²) in [6.45, 7) is 4.85. The minimum absolute atomic E-state index is 0.00101. The van der Waals surface area contributed by atoms with E-state index in [0.717, 1.165) is 0 Å². The van der Waals surface area contributed by atoms with E-state index in [4.69, 9.17) is 5.11 Å². The largest absolute Gasteiger partial charge is 0.392 e. The molecule has 1 amide bonds. The number of aliphatic hydroxyl groups is 1. The van der Waals surface area contributed by atoms with Crippen LogP contribution in [0.25, 0.3) is 0 Å². The maximum absolute atomic E-state index is 11.4. The minimum atomic E-state index is -3.39. The van der Waals surface area contributed by atoms with E-state index in [-0.39, 0.29) is 12.3 Å². The standard InChI is InChI=1S/C9H20N2O4S/c1-4-5-16(14,15)11-8(3)9(13)10-6-7(2)12/h7-8,11-12H,4-6H2,1-3H3,(H,10,13)/t7-,8?/m0/s1. The van der Waals surface area contributed by atoms with Crippen LogP contribution in [0.15, 0.2) is 0 Å². The summed E-state index contributed by atoms with van der Waals surface area (Å²) < 4.78 is 24.9. The second kappa shape index (κ2) is 6.82. The van der Waals surface area contributed by atoms with E-state index in [0.29, 0.717) is 6.42 Å². The number of hydrogen-bond donors (Lipinski definition) is 3. The van der Waals surface area contributed by atoms with Crippen molar-refractivity contribution in [2.75, 3.05) is 12.3 Å². The Labute approximate surface area is 96.5 Å². The number of amides is 1. The van der Waals surface area contributed by atoms with Crippen molar-refractivity contribution in [3.63, 3.8) is 0 Å². The van der Waals surface area contributed by atoms with Crippen LogP contribution in [0.3, 0.4) is 0 Å². The lowest BCUT2D eigenvalue weighted by Crippen LogP contribution is -2.46. The first-order chi connectivity index (χ1) is 7.28. The van der Waals surface area contributed by atoms with Gasteiger partial charge in [-0.25, -0.2) is 13.1 Å². The van der Waals surface area contributed by atoms with Crippen LogP contribution < -0.4 is 10.0 Å². The summed E-state index contributed by atoms with van der Waals surface area (Å²) in [7, 11) is -3.39. The zero-order valence-corrected chi connectivity index (χ0v) is 10.7. The highest BCUT2D eigenvalue weighted by atomic mass is 32.2. The molecule has 7 heteroatoms. The predicted octanol–water partition coefficient (Wildman–Crippen LogP) is -0.799. The molecule has 6 nitrogen and oxygen atoms in total. The fourth-order valence-electron chi connectivity index (χ4n) is 1.05. The van der Waals surface area contributed by atoms with E-state index >= 15 is 0 Å². The number of carbonyl (C=O) groups excluding carboxylic acids is 1. The molecule has 3 N–H and O–H groups in total. The molecule has 0 aliphatic carbocycles. The van der Waals surface area contributed by atoms with Gasteiger partial charge in [-0.05, 0) is 20.3 Å². The van der Waals surface area contributed by atoms with Gasteiger partial charge in [-0.3, -0.25) is 4.79 Å². The minimum Gasteiger partial charge on any atom is -0.392 e. The highest BCUT2D eigenvalue weighted by Gasteiger charge is 2.19. The van der Waals surface area contributed by atoms with Crippen LogP contribution in [0.2, 0.25) is 0 Å². The first-order valence-electron chi connectivity index (χ1n) is 5.24. The molecule has 0 fully saturated rings. The molecule has 0 aromatic carbocycles. The fraction of sp³-hybridized carbons (Fsp3) is 0.889. The second-order valence-corrected chi connectivity index (χ2v) is 5.63. The molecule has 1 unspecified atom stereocenters. The maximum Gasteiger partial charge on any atom is 0.237 e. The van der Waals surface area contributed by atoms with Gasteiger partial charge in [-0.2, -0.15) is 0 Å². The summed E-state index contributed by atoms with van der Waals surface area (Å²) in [5.74, 6) is -0.443. The van der Waals surface area contributed by atoms with Crippen molar-refractivity contribution in [3.8, 4) is 0 Å². The number of carbonyl (C=O) groups is 1. The molecule has 0 aliphatic heterocycles. The lowest BCUT2D eigenvalue weighted by Gasteiger charge is -2.14. The summed E-state index contributed by atoms with van der Waals surface area (Å²) in [6, 6.07) is -0.824. The van der Waals surface area contributed by atoms with E-state index in [1.165, 1.54) is 13.8 Å². The molecule has 0 radical (unpaired) electrons. The Kier molecular flexibility index (Phi) is 6.54. The van der Waals surface area contributed by atoms with Gasteiger partial charge < -0.3 is 10.4 Å². The van der Waals surface area contributed by atoms with Gasteiger partial charge in [-0.1, -0.05) is 6.92 Å². The molecule has 0 bridgehead atoms. The van der Waals surface area contributed by atoms with Crippen molar-refractivity contribution in [3.05, 3.63) is 0 Å². The van der Waals surface area contributed by atoms with E-state index < -0.39 is 28.1 Å². The van der Waals surface area contributed by atoms with E-state index in [9.17, 15) is 13.2 Å². The molecule has 96 valence electrons. The van der Waals surface area contributed by atoms with Gasteiger partial charge in [0, 0.05) is 6.54 Å². The van der Waals surface area contributed by atoms with Gasteiger partial charge in [0.15, 0.2) is 0 Å². The number of rotatable bonds is 7. The molecule has 0 saturated carbocycles. The van der Waals surface area contributed by atoms with Crippen molar-refractivity contribution < 1.29 is 18.3 Å². The predicted molar refractivity (Wildman–Crippen MR) is 61.4 cm³/mol. The van der Waals surface area contributed by atoms with Crippen molar-refractivity contribution in [2.24, 2.45) is 0 Å². The third kappa shape index (κ3) is 6.76. The van der Waals surface area contributed by atoms with Crippen molar-refractivity contribution in [2.45, 2.75) is 39.3 Å². The highest BCUT2D eigenvalue weighted by molar-refractivity contribution is 7.89.